The number of nitrogens with one attached hydrogen (secondary N) is 1. The molecule has 0 unspecified atom stereocenters. The molecule has 0 saturated heterocycles. The van der Waals surface area contributed by atoms with Crippen LogP contribution < -0.4 is 14.8 Å². The Morgan fingerprint density at radius 2 is 2.00 bits per heavy atom. The number of thioether (sulfide) groups is 1. The standard InChI is InChI=1S/C15H21N3O2S/c1-19-13-9-12(15(21-3)10-14(13)20-2)11-16-6-8-18-7-4-5-17-18/h4-5,7,9-10,16H,6,8,11H2,1-3H3. The average molecular weight is 307 g/mol. The molecule has 21 heavy (non-hydrogen) atoms. The minimum atomic E-state index is 0.763. The Balaban J connectivity index is 1.97. The van der Waals surface area contributed by atoms with E-state index in [9.17, 15) is 0 Å². The van der Waals surface area contributed by atoms with Crippen molar-refractivity contribution >= 4 is 11.8 Å². The van der Waals surface area contributed by atoms with Crippen molar-refractivity contribution in [1.29, 1.82) is 0 Å². The van der Waals surface area contributed by atoms with E-state index < -0.39 is 0 Å². The summed E-state index contributed by atoms with van der Waals surface area (Å²) >= 11 is 1.71. The van der Waals surface area contributed by atoms with Crippen molar-refractivity contribution in [2.24, 2.45) is 0 Å². The zero-order chi connectivity index (χ0) is 15.1. The van der Waals surface area contributed by atoms with Crippen LogP contribution in [-0.2, 0) is 13.1 Å². The zero-order valence-corrected chi connectivity index (χ0v) is 13.4. The van der Waals surface area contributed by atoms with Crippen molar-refractivity contribution in [3.63, 3.8) is 0 Å². The second kappa shape index (κ2) is 7.95. The van der Waals surface area contributed by atoms with E-state index in [1.807, 2.05) is 29.1 Å². The molecule has 114 valence electrons. The second-order valence-corrected chi connectivity index (χ2v) is 5.31. The van der Waals surface area contributed by atoms with Crippen molar-refractivity contribution in [3.05, 3.63) is 36.2 Å². The summed E-state index contributed by atoms with van der Waals surface area (Å²) in [5.41, 5.74) is 1.21. The van der Waals surface area contributed by atoms with Crippen molar-refractivity contribution in [2.75, 3.05) is 27.0 Å². The van der Waals surface area contributed by atoms with Gasteiger partial charge in [0.2, 0.25) is 0 Å². The first-order valence-electron chi connectivity index (χ1n) is 6.75. The number of ether oxygens (including phenoxy) is 2. The fraction of sp³-hybridized carbons (Fsp3) is 0.400. The first kappa shape index (κ1) is 15.7. The summed E-state index contributed by atoms with van der Waals surface area (Å²) in [7, 11) is 3.31. The fourth-order valence-electron chi connectivity index (χ4n) is 2.08. The van der Waals surface area contributed by atoms with Gasteiger partial charge < -0.3 is 14.8 Å². The van der Waals surface area contributed by atoms with E-state index in [1.165, 1.54) is 10.5 Å². The minimum Gasteiger partial charge on any atom is -0.493 e. The number of hydrogen-bond acceptors (Lipinski definition) is 5. The summed E-state index contributed by atoms with van der Waals surface area (Å²) in [6.07, 6.45) is 5.82. The molecule has 0 aliphatic heterocycles. The average Bonchev–Trinajstić information content (AvgIpc) is 3.04. The van der Waals surface area contributed by atoms with Gasteiger partial charge in [-0.05, 0) is 30.0 Å². The molecule has 1 heterocycles. The zero-order valence-electron chi connectivity index (χ0n) is 12.6. The van der Waals surface area contributed by atoms with Gasteiger partial charge in [0.25, 0.3) is 0 Å². The van der Waals surface area contributed by atoms with Crippen LogP contribution in [0.4, 0.5) is 0 Å². The van der Waals surface area contributed by atoms with E-state index in [0.29, 0.717) is 0 Å². The molecule has 0 saturated carbocycles. The molecule has 0 amide bonds. The molecular formula is C15H21N3O2S. The first-order valence-corrected chi connectivity index (χ1v) is 7.98. The highest BCUT2D eigenvalue weighted by atomic mass is 32.2. The summed E-state index contributed by atoms with van der Waals surface area (Å²) in [5.74, 6) is 1.53. The lowest BCUT2D eigenvalue weighted by Crippen LogP contribution is -2.20. The highest BCUT2D eigenvalue weighted by Crippen LogP contribution is 2.34. The van der Waals surface area contributed by atoms with Gasteiger partial charge in [0.15, 0.2) is 11.5 Å². The Morgan fingerprint density at radius 1 is 1.24 bits per heavy atom. The molecule has 0 atom stereocenters. The van der Waals surface area contributed by atoms with E-state index >= 15 is 0 Å². The van der Waals surface area contributed by atoms with Gasteiger partial charge in [-0.25, -0.2) is 0 Å². The van der Waals surface area contributed by atoms with E-state index in [-0.39, 0.29) is 0 Å². The molecule has 6 heteroatoms. The highest BCUT2D eigenvalue weighted by molar-refractivity contribution is 7.98. The molecule has 1 aromatic heterocycles. The molecule has 2 rings (SSSR count). The predicted octanol–water partition coefficient (Wildman–Crippen LogP) is 2.41. The minimum absolute atomic E-state index is 0.763. The molecule has 1 aromatic carbocycles. The Morgan fingerprint density at radius 3 is 2.62 bits per heavy atom. The number of aromatic nitrogens is 2. The lowest BCUT2D eigenvalue weighted by molar-refractivity contribution is 0.353. The maximum atomic E-state index is 5.37. The van der Waals surface area contributed by atoms with E-state index in [0.717, 1.165) is 31.1 Å². The van der Waals surface area contributed by atoms with Gasteiger partial charge >= 0.3 is 0 Å². The van der Waals surface area contributed by atoms with Crippen LogP contribution in [0.2, 0.25) is 0 Å². The Hall–Kier alpha value is -1.66. The molecule has 0 aliphatic carbocycles. The molecular weight excluding hydrogens is 286 g/mol. The third-order valence-electron chi connectivity index (χ3n) is 3.18. The molecule has 5 nitrogen and oxygen atoms in total. The van der Waals surface area contributed by atoms with Gasteiger partial charge in [-0.1, -0.05) is 0 Å². The summed E-state index contributed by atoms with van der Waals surface area (Å²) < 4.78 is 12.6. The largest absolute Gasteiger partial charge is 0.493 e. The lowest BCUT2D eigenvalue weighted by atomic mass is 10.2. The molecule has 0 spiro atoms. The third kappa shape index (κ3) is 4.15. The normalized spacial score (nSPS) is 10.6. The van der Waals surface area contributed by atoms with Gasteiger partial charge in [-0.2, -0.15) is 5.10 Å². The van der Waals surface area contributed by atoms with E-state index in [4.69, 9.17) is 9.47 Å². The number of hydrogen-bond donors (Lipinski definition) is 1. The number of methoxy groups -OCH3 is 2. The van der Waals surface area contributed by atoms with Crippen molar-refractivity contribution in [2.45, 2.75) is 18.0 Å². The molecule has 0 radical (unpaired) electrons. The van der Waals surface area contributed by atoms with Crippen LogP contribution in [-0.4, -0.2) is 36.8 Å². The van der Waals surface area contributed by atoms with Crippen LogP contribution in [0.5, 0.6) is 11.5 Å². The van der Waals surface area contributed by atoms with Gasteiger partial charge in [0.05, 0.1) is 20.8 Å². The highest BCUT2D eigenvalue weighted by Gasteiger charge is 2.10. The number of nitrogens with zero attached hydrogens (tertiary/aromatic N) is 2. The first-order chi connectivity index (χ1) is 10.3. The molecule has 2 aromatic rings. The molecule has 0 bridgehead atoms. The van der Waals surface area contributed by atoms with Crippen molar-refractivity contribution in [3.8, 4) is 11.5 Å². The molecule has 1 N–H and O–H groups in total. The van der Waals surface area contributed by atoms with Crippen LogP contribution in [0.3, 0.4) is 0 Å². The summed E-state index contributed by atoms with van der Waals surface area (Å²) in [6.45, 7) is 2.51. The Bertz CT molecular complexity index is 558. The van der Waals surface area contributed by atoms with E-state index in [1.54, 1.807) is 32.2 Å². The van der Waals surface area contributed by atoms with Crippen LogP contribution in [0.1, 0.15) is 5.56 Å². The smallest absolute Gasteiger partial charge is 0.161 e. The summed E-state index contributed by atoms with van der Waals surface area (Å²) in [4.78, 5) is 1.19. The third-order valence-corrected chi connectivity index (χ3v) is 4.00. The van der Waals surface area contributed by atoms with Gasteiger partial charge in [0, 0.05) is 30.4 Å². The van der Waals surface area contributed by atoms with Gasteiger partial charge in [-0.3, -0.25) is 4.68 Å². The SMILES string of the molecule is COc1cc(CNCCn2cccn2)c(SC)cc1OC. The summed E-state index contributed by atoms with van der Waals surface area (Å²) in [5, 5.41) is 7.61. The van der Waals surface area contributed by atoms with Crippen LogP contribution >= 0.6 is 11.8 Å². The Kier molecular flexibility index (Phi) is 5.95. The second-order valence-electron chi connectivity index (χ2n) is 4.46. The Labute approximate surface area is 129 Å². The number of benzene rings is 1. The van der Waals surface area contributed by atoms with Crippen LogP contribution in [0, 0.1) is 0 Å². The predicted molar refractivity (Wildman–Crippen MR) is 85.3 cm³/mol. The monoisotopic (exact) mass is 307 g/mol. The topological polar surface area (TPSA) is 48.3 Å². The van der Waals surface area contributed by atoms with Gasteiger partial charge in [0.1, 0.15) is 0 Å². The molecule has 0 aliphatic rings. The van der Waals surface area contributed by atoms with Crippen molar-refractivity contribution in [1.82, 2.24) is 15.1 Å². The maximum Gasteiger partial charge on any atom is 0.161 e. The molecule has 0 fully saturated rings. The number of rotatable bonds is 8. The fourth-order valence-corrected chi connectivity index (χ4v) is 2.70. The quantitative estimate of drug-likeness (QED) is 0.599. The van der Waals surface area contributed by atoms with Gasteiger partial charge in [-0.15, -0.1) is 11.8 Å². The van der Waals surface area contributed by atoms with Crippen LogP contribution in [0.25, 0.3) is 0 Å². The lowest BCUT2D eigenvalue weighted by Gasteiger charge is -2.14. The van der Waals surface area contributed by atoms with Crippen molar-refractivity contribution < 1.29 is 9.47 Å². The summed E-state index contributed by atoms with van der Waals surface area (Å²) in [6, 6.07) is 5.99. The maximum absolute atomic E-state index is 5.37. The van der Waals surface area contributed by atoms with E-state index in [2.05, 4.69) is 16.7 Å². The van der Waals surface area contributed by atoms with Crippen LogP contribution in [0.15, 0.2) is 35.5 Å².